The summed E-state index contributed by atoms with van der Waals surface area (Å²) < 4.78 is 0. The molecule has 4 nitrogen and oxygen atoms in total. The number of aldehydes is 1. The molecule has 1 amide bonds. The van der Waals surface area contributed by atoms with E-state index in [1.807, 2.05) is 12.1 Å². The van der Waals surface area contributed by atoms with Gasteiger partial charge in [0.05, 0.1) is 0 Å². The van der Waals surface area contributed by atoms with Crippen molar-refractivity contribution in [2.45, 2.75) is 51.0 Å². The van der Waals surface area contributed by atoms with E-state index >= 15 is 0 Å². The van der Waals surface area contributed by atoms with E-state index in [-0.39, 0.29) is 5.41 Å². The second kappa shape index (κ2) is 6.22. The van der Waals surface area contributed by atoms with Crippen molar-refractivity contribution in [2.24, 2.45) is 5.41 Å². The third kappa shape index (κ3) is 2.75. The molecule has 0 aromatic heterocycles. The fourth-order valence-corrected chi connectivity index (χ4v) is 4.66. The van der Waals surface area contributed by atoms with Crippen LogP contribution in [0.4, 0.5) is 4.79 Å². The Bertz CT molecular complexity index is 896. The van der Waals surface area contributed by atoms with Crippen LogP contribution in [0, 0.1) is 5.41 Å². The highest BCUT2D eigenvalue weighted by Crippen LogP contribution is 2.63. The first-order chi connectivity index (χ1) is 12.9. The molecule has 4 heteroatoms. The highest BCUT2D eigenvalue weighted by molar-refractivity contribution is 5.81. The van der Waals surface area contributed by atoms with Crippen molar-refractivity contribution >= 4 is 12.4 Å². The third-order valence-electron chi connectivity index (χ3n) is 6.48. The maximum absolute atomic E-state index is 12.2. The number of hydrogen-bond acceptors (Lipinski definition) is 2. The molecule has 2 N–H and O–H groups in total. The smallest absolute Gasteiger partial charge is 0.405 e. The molecule has 1 atom stereocenters. The second-order valence-electron chi connectivity index (χ2n) is 8.28. The van der Waals surface area contributed by atoms with Gasteiger partial charge in [0.15, 0.2) is 6.29 Å². The second-order valence-corrected chi connectivity index (χ2v) is 8.28. The van der Waals surface area contributed by atoms with E-state index in [1.54, 1.807) is 0 Å². The zero-order chi connectivity index (χ0) is 19.2. The molecule has 0 bridgehead atoms. The summed E-state index contributed by atoms with van der Waals surface area (Å²) >= 11 is 0. The summed E-state index contributed by atoms with van der Waals surface area (Å²) in [5.74, 6) is 0.493. The van der Waals surface area contributed by atoms with E-state index in [0.29, 0.717) is 5.92 Å². The van der Waals surface area contributed by atoms with Gasteiger partial charge in [-0.25, -0.2) is 4.79 Å². The Balaban J connectivity index is 1.76. The minimum Gasteiger partial charge on any atom is -0.465 e. The molecule has 1 spiro atoms. The van der Waals surface area contributed by atoms with Gasteiger partial charge in [-0.3, -0.25) is 0 Å². The molecule has 2 aliphatic rings. The third-order valence-corrected chi connectivity index (χ3v) is 6.48. The van der Waals surface area contributed by atoms with Gasteiger partial charge in [-0.1, -0.05) is 56.3 Å². The Morgan fingerprint density at radius 1 is 1.07 bits per heavy atom. The number of amides is 1. The summed E-state index contributed by atoms with van der Waals surface area (Å²) in [5.41, 5.74) is 4.07. The first-order valence-electron chi connectivity index (χ1n) is 9.62. The molecule has 1 fully saturated rings. The van der Waals surface area contributed by atoms with Crippen molar-refractivity contribution in [1.29, 1.82) is 0 Å². The van der Waals surface area contributed by atoms with Gasteiger partial charge in [0.25, 0.3) is 0 Å². The molecular weight excluding hydrogens is 338 g/mol. The average Bonchev–Trinajstić information content (AvgIpc) is 3.45. The number of rotatable bonds is 4. The lowest BCUT2D eigenvalue weighted by Gasteiger charge is -2.42. The standard InChI is InChI=1S/C23H25NO3/c1-15(2)16-3-5-17(6-4-16)18-7-8-20-19(13-18)9-10-22(11-12-22)23(20,14-25)24-21(26)27/h3-8,13-15,24H,9-12H2,1-2H3,(H,26,27)/t23-/m1/s1. The maximum Gasteiger partial charge on any atom is 0.405 e. The van der Waals surface area contributed by atoms with E-state index in [9.17, 15) is 14.7 Å². The first kappa shape index (κ1) is 17.8. The molecule has 2 aromatic rings. The van der Waals surface area contributed by atoms with Crippen LogP contribution in [0.25, 0.3) is 11.1 Å². The zero-order valence-electron chi connectivity index (χ0n) is 15.8. The molecule has 0 radical (unpaired) electrons. The number of nitrogens with one attached hydrogen (secondary N) is 1. The molecular formula is C23H25NO3. The molecule has 0 saturated heterocycles. The fraction of sp³-hybridized carbons (Fsp3) is 0.391. The number of carboxylic acid groups (broad SMARTS) is 1. The molecule has 0 unspecified atom stereocenters. The first-order valence-corrected chi connectivity index (χ1v) is 9.62. The Hall–Kier alpha value is -2.62. The number of carbonyl (C=O) groups excluding carboxylic acids is 1. The van der Waals surface area contributed by atoms with Crippen LogP contribution in [-0.2, 0) is 16.8 Å². The van der Waals surface area contributed by atoms with Gasteiger partial charge in [-0.05, 0) is 59.4 Å². The van der Waals surface area contributed by atoms with Crippen molar-refractivity contribution in [2.75, 3.05) is 0 Å². The van der Waals surface area contributed by atoms with Crippen LogP contribution in [0.2, 0.25) is 0 Å². The van der Waals surface area contributed by atoms with Gasteiger partial charge in [-0.2, -0.15) is 0 Å². The van der Waals surface area contributed by atoms with Crippen LogP contribution >= 0.6 is 0 Å². The van der Waals surface area contributed by atoms with Crippen LogP contribution in [0.5, 0.6) is 0 Å². The number of hydrogen-bond donors (Lipinski definition) is 2. The van der Waals surface area contributed by atoms with Crippen LogP contribution in [-0.4, -0.2) is 17.5 Å². The summed E-state index contributed by atoms with van der Waals surface area (Å²) in [6, 6.07) is 14.6. The lowest BCUT2D eigenvalue weighted by atomic mass is 9.67. The van der Waals surface area contributed by atoms with Crippen molar-refractivity contribution in [3.63, 3.8) is 0 Å². The summed E-state index contributed by atoms with van der Waals surface area (Å²) in [5, 5.41) is 12.0. The highest BCUT2D eigenvalue weighted by Gasteiger charge is 2.63. The molecule has 2 aliphatic carbocycles. The molecule has 1 saturated carbocycles. The van der Waals surface area contributed by atoms with Gasteiger partial charge < -0.3 is 15.2 Å². The Labute approximate surface area is 159 Å². The SMILES string of the molecule is CC(C)c1ccc(-c2ccc3c(c2)CCC2(CC2)[C@]3(C=O)NC(=O)O)cc1. The zero-order valence-corrected chi connectivity index (χ0v) is 15.8. The molecule has 4 rings (SSSR count). The highest BCUT2D eigenvalue weighted by atomic mass is 16.4. The number of fused-ring (bicyclic) bond motifs is 1. The van der Waals surface area contributed by atoms with Crippen LogP contribution in [0.3, 0.4) is 0 Å². The minimum atomic E-state index is -1.14. The number of benzene rings is 2. The Morgan fingerprint density at radius 2 is 1.74 bits per heavy atom. The minimum absolute atomic E-state index is 0.249. The Morgan fingerprint density at radius 3 is 2.30 bits per heavy atom. The normalized spacial score (nSPS) is 22.3. The van der Waals surface area contributed by atoms with Gasteiger partial charge in [0, 0.05) is 5.41 Å². The maximum atomic E-state index is 12.2. The van der Waals surface area contributed by atoms with E-state index in [2.05, 4.69) is 49.5 Å². The summed E-state index contributed by atoms with van der Waals surface area (Å²) in [4.78, 5) is 23.6. The van der Waals surface area contributed by atoms with Crippen LogP contribution < -0.4 is 5.32 Å². The topological polar surface area (TPSA) is 66.4 Å². The predicted octanol–water partition coefficient (Wildman–Crippen LogP) is 4.87. The quantitative estimate of drug-likeness (QED) is 0.762. The van der Waals surface area contributed by atoms with Gasteiger partial charge in [0.2, 0.25) is 0 Å². The Kier molecular flexibility index (Phi) is 4.10. The number of aryl methyl sites for hydroxylation is 1. The van der Waals surface area contributed by atoms with Crippen LogP contribution in [0.1, 0.15) is 55.7 Å². The van der Waals surface area contributed by atoms with E-state index in [4.69, 9.17) is 0 Å². The van der Waals surface area contributed by atoms with Crippen molar-refractivity contribution in [3.8, 4) is 11.1 Å². The monoisotopic (exact) mass is 363 g/mol. The lowest BCUT2D eigenvalue weighted by Crippen LogP contribution is -2.55. The van der Waals surface area contributed by atoms with E-state index in [0.717, 1.165) is 54.2 Å². The molecule has 2 aromatic carbocycles. The van der Waals surface area contributed by atoms with Crippen molar-refractivity contribution in [3.05, 3.63) is 59.2 Å². The fourth-order valence-electron chi connectivity index (χ4n) is 4.66. The van der Waals surface area contributed by atoms with E-state index in [1.165, 1.54) is 5.56 Å². The number of carbonyl (C=O) groups is 2. The van der Waals surface area contributed by atoms with Gasteiger partial charge >= 0.3 is 6.09 Å². The van der Waals surface area contributed by atoms with Gasteiger partial charge in [-0.15, -0.1) is 0 Å². The molecule has 0 heterocycles. The largest absolute Gasteiger partial charge is 0.465 e. The molecule has 140 valence electrons. The van der Waals surface area contributed by atoms with Crippen LogP contribution in [0.15, 0.2) is 42.5 Å². The summed E-state index contributed by atoms with van der Waals surface area (Å²) in [6.45, 7) is 4.35. The van der Waals surface area contributed by atoms with E-state index < -0.39 is 11.6 Å². The lowest BCUT2D eigenvalue weighted by molar-refractivity contribution is -0.116. The van der Waals surface area contributed by atoms with Crippen molar-refractivity contribution in [1.82, 2.24) is 5.32 Å². The summed E-state index contributed by atoms with van der Waals surface area (Å²) in [6.07, 6.45) is 3.19. The average molecular weight is 363 g/mol. The van der Waals surface area contributed by atoms with Gasteiger partial charge in [0.1, 0.15) is 5.54 Å². The summed E-state index contributed by atoms with van der Waals surface area (Å²) in [7, 11) is 0. The predicted molar refractivity (Wildman–Crippen MR) is 105 cm³/mol. The van der Waals surface area contributed by atoms with Crippen molar-refractivity contribution < 1.29 is 14.7 Å². The molecule has 27 heavy (non-hydrogen) atoms. The molecule has 0 aliphatic heterocycles.